The van der Waals surface area contributed by atoms with Gasteiger partial charge in [-0.15, -0.1) is 0 Å². The molecule has 9 heteroatoms. The number of sulfonamides is 1. The maximum atomic E-state index is 12.1. The molecule has 0 saturated heterocycles. The number of ether oxygens (including phenoxy) is 1. The second-order valence-corrected chi connectivity index (χ2v) is 7.60. The van der Waals surface area contributed by atoms with Crippen molar-refractivity contribution in [3.05, 3.63) is 53.6 Å². The molecule has 3 N–H and O–H groups in total. The van der Waals surface area contributed by atoms with Crippen molar-refractivity contribution < 1.29 is 23.1 Å². The van der Waals surface area contributed by atoms with Gasteiger partial charge >= 0.3 is 0 Å². The van der Waals surface area contributed by atoms with E-state index in [9.17, 15) is 18.3 Å². The lowest BCUT2D eigenvalue weighted by Gasteiger charge is -2.15. The monoisotopic (exact) mass is 398 g/mol. The van der Waals surface area contributed by atoms with Crippen LogP contribution in [0.3, 0.4) is 0 Å². The van der Waals surface area contributed by atoms with Crippen molar-refractivity contribution in [2.75, 3.05) is 13.1 Å². The van der Waals surface area contributed by atoms with Crippen molar-refractivity contribution in [2.45, 2.75) is 17.9 Å². The van der Waals surface area contributed by atoms with E-state index >= 15 is 0 Å². The second kappa shape index (κ2) is 8.88. The number of carbonyl (C=O) groups excluding carboxylic acids is 1. The van der Waals surface area contributed by atoms with Gasteiger partial charge in [-0.2, -0.15) is 0 Å². The van der Waals surface area contributed by atoms with E-state index in [-0.39, 0.29) is 29.6 Å². The van der Waals surface area contributed by atoms with Crippen LogP contribution < -0.4 is 14.8 Å². The van der Waals surface area contributed by atoms with Gasteiger partial charge in [0.15, 0.2) is 6.10 Å². The van der Waals surface area contributed by atoms with Crippen LogP contribution in [0.5, 0.6) is 11.5 Å². The normalized spacial score (nSPS) is 12.4. The molecule has 0 bridgehead atoms. The zero-order chi connectivity index (χ0) is 19.2. The summed E-state index contributed by atoms with van der Waals surface area (Å²) in [5.74, 6) is 0.153. The van der Waals surface area contributed by atoms with E-state index in [0.717, 1.165) is 0 Å². The summed E-state index contributed by atoms with van der Waals surface area (Å²) in [6.07, 6.45) is -0.771. The molecule has 0 saturated carbocycles. The number of hydrogen-bond acceptors (Lipinski definition) is 5. The molecule has 0 radical (unpaired) electrons. The molecule has 2 aromatic carbocycles. The molecule has 140 valence electrons. The Labute approximate surface area is 157 Å². The van der Waals surface area contributed by atoms with Crippen LogP contribution in [-0.2, 0) is 14.8 Å². The van der Waals surface area contributed by atoms with Gasteiger partial charge in [0.05, 0.1) is 4.90 Å². The number of hydrogen-bond donors (Lipinski definition) is 3. The van der Waals surface area contributed by atoms with E-state index in [1.165, 1.54) is 36.4 Å². The summed E-state index contributed by atoms with van der Waals surface area (Å²) in [4.78, 5) is 12.1. The van der Waals surface area contributed by atoms with Gasteiger partial charge in [0, 0.05) is 18.1 Å². The predicted molar refractivity (Wildman–Crippen MR) is 97.8 cm³/mol. The van der Waals surface area contributed by atoms with E-state index in [1.54, 1.807) is 19.1 Å². The molecule has 0 aromatic heterocycles. The lowest BCUT2D eigenvalue weighted by Crippen LogP contribution is -2.40. The van der Waals surface area contributed by atoms with Crippen molar-refractivity contribution in [2.24, 2.45) is 0 Å². The third-order valence-corrected chi connectivity index (χ3v) is 5.09. The van der Waals surface area contributed by atoms with E-state index in [1.807, 2.05) is 0 Å². The van der Waals surface area contributed by atoms with Crippen LogP contribution >= 0.6 is 11.6 Å². The van der Waals surface area contributed by atoms with E-state index in [0.29, 0.717) is 10.8 Å². The summed E-state index contributed by atoms with van der Waals surface area (Å²) in [5.41, 5.74) is 0. The van der Waals surface area contributed by atoms with Gasteiger partial charge in [-0.3, -0.25) is 4.79 Å². The molecule has 0 aliphatic carbocycles. The summed E-state index contributed by atoms with van der Waals surface area (Å²) >= 11 is 5.73. The topological polar surface area (TPSA) is 105 Å². The summed E-state index contributed by atoms with van der Waals surface area (Å²) in [7, 11) is -3.66. The Balaban J connectivity index is 1.77. The van der Waals surface area contributed by atoms with Crippen LogP contribution in [0.2, 0.25) is 5.02 Å². The molecular weight excluding hydrogens is 380 g/mol. The van der Waals surface area contributed by atoms with Gasteiger partial charge in [-0.25, -0.2) is 13.1 Å². The Morgan fingerprint density at radius 1 is 1.12 bits per heavy atom. The van der Waals surface area contributed by atoms with Gasteiger partial charge in [-0.05, 0) is 55.5 Å². The van der Waals surface area contributed by atoms with Crippen LogP contribution in [0.1, 0.15) is 6.92 Å². The Morgan fingerprint density at radius 2 is 1.73 bits per heavy atom. The maximum Gasteiger partial charge on any atom is 0.260 e. The fraction of sp³-hybridized carbons (Fsp3) is 0.235. The van der Waals surface area contributed by atoms with Crippen LogP contribution in [0, 0.1) is 0 Å². The number of amides is 1. The van der Waals surface area contributed by atoms with Crippen LogP contribution in [0.25, 0.3) is 0 Å². The number of phenols is 1. The molecule has 1 unspecified atom stereocenters. The molecule has 7 nitrogen and oxygen atoms in total. The fourth-order valence-electron chi connectivity index (χ4n) is 1.99. The standard InChI is InChI=1S/C17H19ClN2O5S/c1-12(25-15-6-4-14(21)5-7-15)17(22)19-10-11-20-26(23,24)16-8-2-13(18)3-9-16/h2-9,12,20-21H,10-11H2,1H3,(H,19,22). The van der Waals surface area contributed by atoms with Gasteiger partial charge in [0.25, 0.3) is 5.91 Å². The van der Waals surface area contributed by atoms with E-state index in [4.69, 9.17) is 16.3 Å². The lowest BCUT2D eigenvalue weighted by atomic mass is 10.3. The third-order valence-electron chi connectivity index (χ3n) is 3.36. The number of carbonyl (C=O) groups is 1. The number of halogens is 1. The highest BCUT2D eigenvalue weighted by molar-refractivity contribution is 7.89. The molecule has 0 aliphatic rings. The second-order valence-electron chi connectivity index (χ2n) is 5.40. The minimum absolute atomic E-state index is 0.0304. The lowest BCUT2D eigenvalue weighted by molar-refractivity contribution is -0.127. The first-order valence-corrected chi connectivity index (χ1v) is 9.63. The summed E-state index contributed by atoms with van der Waals surface area (Å²) in [6, 6.07) is 11.8. The highest BCUT2D eigenvalue weighted by Gasteiger charge is 2.16. The largest absolute Gasteiger partial charge is 0.508 e. The molecule has 26 heavy (non-hydrogen) atoms. The minimum atomic E-state index is -3.66. The zero-order valence-corrected chi connectivity index (χ0v) is 15.5. The SMILES string of the molecule is CC(Oc1ccc(O)cc1)C(=O)NCCNS(=O)(=O)c1ccc(Cl)cc1. The van der Waals surface area contributed by atoms with Gasteiger partial charge < -0.3 is 15.2 Å². The molecule has 2 rings (SSSR count). The smallest absolute Gasteiger partial charge is 0.260 e. The third kappa shape index (κ3) is 5.91. The number of phenolic OH excluding ortho intramolecular Hbond substituents is 1. The van der Waals surface area contributed by atoms with E-state index < -0.39 is 16.1 Å². The highest BCUT2D eigenvalue weighted by atomic mass is 35.5. The molecule has 1 amide bonds. The molecular formula is C17H19ClN2O5S. The quantitative estimate of drug-likeness (QED) is 0.589. The van der Waals surface area contributed by atoms with Gasteiger partial charge in [-0.1, -0.05) is 11.6 Å². The minimum Gasteiger partial charge on any atom is -0.508 e. The van der Waals surface area contributed by atoms with Crippen molar-refractivity contribution >= 4 is 27.5 Å². The first-order chi connectivity index (χ1) is 12.3. The Kier molecular flexibility index (Phi) is 6.84. The average Bonchev–Trinajstić information content (AvgIpc) is 2.61. The maximum absolute atomic E-state index is 12.1. The summed E-state index contributed by atoms with van der Waals surface area (Å²) in [6.45, 7) is 1.71. The first-order valence-electron chi connectivity index (χ1n) is 7.76. The van der Waals surface area contributed by atoms with Gasteiger partial charge in [0.1, 0.15) is 11.5 Å². The number of aromatic hydroxyl groups is 1. The van der Waals surface area contributed by atoms with E-state index in [2.05, 4.69) is 10.0 Å². The molecule has 0 heterocycles. The Morgan fingerprint density at radius 3 is 2.35 bits per heavy atom. The number of nitrogens with one attached hydrogen (secondary N) is 2. The Bertz CT molecular complexity index is 838. The van der Waals surface area contributed by atoms with Crippen molar-refractivity contribution in [1.29, 1.82) is 0 Å². The molecule has 2 aromatic rings. The van der Waals surface area contributed by atoms with Crippen molar-refractivity contribution in [1.82, 2.24) is 10.0 Å². The predicted octanol–water partition coefficient (Wildman–Crippen LogP) is 1.91. The molecule has 1 atom stereocenters. The van der Waals surface area contributed by atoms with Crippen molar-refractivity contribution in [3.63, 3.8) is 0 Å². The van der Waals surface area contributed by atoms with Crippen LogP contribution in [0.4, 0.5) is 0 Å². The number of benzene rings is 2. The molecule has 0 fully saturated rings. The zero-order valence-electron chi connectivity index (χ0n) is 14.0. The van der Waals surface area contributed by atoms with Crippen LogP contribution in [0.15, 0.2) is 53.4 Å². The van der Waals surface area contributed by atoms with Crippen molar-refractivity contribution in [3.8, 4) is 11.5 Å². The summed E-state index contributed by atoms with van der Waals surface area (Å²) < 4.78 is 32.0. The number of rotatable bonds is 8. The van der Waals surface area contributed by atoms with Gasteiger partial charge in [0.2, 0.25) is 10.0 Å². The average molecular weight is 399 g/mol. The Hall–Kier alpha value is -2.29. The van der Waals surface area contributed by atoms with Crippen LogP contribution in [-0.4, -0.2) is 38.6 Å². The molecule has 0 spiro atoms. The first kappa shape index (κ1) is 20.0. The fourth-order valence-corrected chi connectivity index (χ4v) is 3.15. The highest BCUT2D eigenvalue weighted by Crippen LogP contribution is 2.17. The molecule has 0 aliphatic heterocycles. The summed E-state index contributed by atoms with van der Waals surface area (Å²) in [5, 5.41) is 12.2.